The van der Waals surface area contributed by atoms with Crippen molar-refractivity contribution in [1.82, 2.24) is 0 Å². The summed E-state index contributed by atoms with van der Waals surface area (Å²) < 4.78 is 0. The monoisotopic (exact) mass is 456 g/mol. The molecular weight excluding hydrogens is 396 g/mol. The summed E-state index contributed by atoms with van der Waals surface area (Å²) in [6, 6.07) is 0. The Hall–Kier alpha value is -1.04. The third-order valence-electron chi connectivity index (χ3n) is 8.14. The maximum atomic E-state index is 3.83. The van der Waals surface area contributed by atoms with Crippen LogP contribution in [0.4, 0.5) is 0 Å². The molecule has 0 aliphatic heterocycles. The molecule has 33 heavy (non-hydrogen) atoms. The molecule has 192 valence electrons. The molecule has 4 aliphatic rings. The van der Waals surface area contributed by atoms with E-state index >= 15 is 0 Å². The molecule has 0 saturated heterocycles. The van der Waals surface area contributed by atoms with Crippen LogP contribution in [0.3, 0.4) is 0 Å². The Balaban J connectivity index is 0.000000446. The van der Waals surface area contributed by atoms with Crippen LogP contribution in [0.25, 0.3) is 0 Å². The zero-order valence-electron chi connectivity index (χ0n) is 22.9. The van der Waals surface area contributed by atoms with E-state index in [9.17, 15) is 0 Å². The normalized spacial score (nSPS) is 31.3. The van der Waals surface area contributed by atoms with Gasteiger partial charge in [-0.2, -0.15) is 0 Å². The Bertz CT molecular complexity index is 533. The van der Waals surface area contributed by atoms with Crippen LogP contribution in [0.5, 0.6) is 0 Å². The molecule has 6 atom stereocenters. The molecule has 0 heterocycles. The van der Waals surface area contributed by atoms with E-state index < -0.39 is 0 Å². The van der Waals surface area contributed by atoms with Crippen molar-refractivity contribution in [3.05, 3.63) is 49.6 Å². The molecule has 0 radical (unpaired) electrons. The summed E-state index contributed by atoms with van der Waals surface area (Å²) in [5.74, 6) is 5.80. The highest BCUT2D eigenvalue weighted by molar-refractivity contribution is 5.06. The van der Waals surface area contributed by atoms with Crippen molar-refractivity contribution >= 4 is 0 Å². The van der Waals surface area contributed by atoms with Crippen LogP contribution in [-0.4, -0.2) is 0 Å². The molecule has 0 N–H and O–H groups in total. The van der Waals surface area contributed by atoms with Gasteiger partial charge in [0.05, 0.1) is 0 Å². The Morgan fingerprint density at radius 3 is 1.79 bits per heavy atom. The standard InChI is InChI=1S/C11H22.C11H18.C7H10.C4H8.H2/c2*1-3-5-6-11-8-7-10(4-2)9-11;1-2-7-4-3-6(1)5-7;1-3-4-2;/h10-11H,3-9H2,1-2H3;4-6,10-11H,2-3,7-9H2,1H3;1-2,6-7H,3-5H2;3H,1,4H2,2H3;1H/b;6-5-;;;. The summed E-state index contributed by atoms with van der Waals surface area (Å²) in [6.45, 7) is 16.2. The Kier molecular flexibility index (Phi) is 17.5. The lowest BCUT2D eigenvalue weighted by atomic mass is 9.98. The van der Waals surface area contributed by atoms with Gasteiger partial charge >= 0.3 is 0 Å². The van der Waals surface area contributed by atoms with Gasteiger partial charge in [-0.15, -0.1) is 13.2 Å². The van der Waals surface area contributed by atoms with Crippen molar-refractivity contribution in [3.8, 4) is 0 Å². The number of allylic oxidation sites excluding steroid dienone is 6. The van der Waals surface area contributed by atoms with E-state index in [1.165, 1.54) is 89.9 Å². The summed E-state index contributed by atoms with van der Waals surface area (Å²) in [5.41, 5.74) is 0. The molecule has 0 heteroatoms. The highest BCUT2D eigenvalue weighted by atomic mass is 14.3. The van der Waals surface area contributed by atoms with Gasteiger partial charge in [0.25, 0.3) is 0 Å². The van der Waals surface area contributed by atoms with Crippen LogP contribution in [0.1, 0.15) is 125 Å². The van der Waals surface area contributed by atoms with Gasteiger partial charge in [-0.3, -0.25) is 0 Å². The number of unbranched alkanes of at least 4 members (excludes halogenated alkanes) is 1. The summed E-state index contributed by atoms with van der Waals surface area (Å²) in [5, 5.41) is 0. The molecule has 0 amide bonds. The van der Waals surface area contributed by atoms with Crippen LogP contribution in [0.15, 0.2) is 49.6 Å². The van der Waals surface area contributed by atoms with Crippen molar-refractivity contribution in [3.63, 3.8) is 0 Å². The third kappa shape index (κ3) is 13.4. The fourth-order valence-corrected chi connectivity index (χ4v) is 5.79. The van der Waals surface area contributed by atoms with Crippen molar-refractivity contribution in [1.29, 1.82) is 0 Å². The topological polar surface area (TPSA) is 0 Å². The SMILES string of the molecule is C1=CC2CCC1C2.C=CC1CCC(/C=C\CC)C1.C=CCC.CCCCC1CCC(CC)C1.[HH]. The first-order chi connectivity index (χ1) is 16.1. The Labute approximate surface area is 210 Å². The molecule has 0 aromatic heterocycles. The Morgan fingerprint density at radius 1 is 0.758 bits per heavy atom. The first-order valence-electron chi connectivity index (χ1n) is 14.7. The number of hydrogen-bond donors (Lipinski definition) is 0. The number of fused-ring (bicyclic) bond motifs is 2. The van der Waals surface area contributed by atoms with E-state index in [-0.39, 0.29) is 1.43 Å². The summed E-state index contributed by atoms with van der Waals surface area (Å²) >= 11 is 0. The predicted octanol–water partition coefficient (Wildman–Crippen LogP) is 11.4. The van der Waals surface area contributed by atoms with Crippen molar-refractivity contribution in [2.45, 2.75) is 124 Å². The van der Waals surface area contributed by atoms with E-state index in [1.54, 1.807) is 0 Å². The van der Waals surface area contributed by atoms with E-state index in [0.717, 1.165) is 41.9 Å². The van der Waals surface area contributed by atoms with Crippen LogP contribution in [0.2, 0.25) is 0 Å². The molecule has 0 spiro atoms. The second-order valence-corrected chi connectivity index (χ2v) is 10.9. The van der Waals surface area contributed by atoms with E-state index in [2.05, 4.69) is 71.2 Å². The minimum Gasteiger partial charge on any atom is -0.103 e. The minimum atomic E-state index is 0. The van der Waals surface area contributed by atoms with Gasteiger partial charge in [-0.25, -0.2) is 0 Å². The summed E-state index contributed by atoms with van der Waals surface area (Å²) in [7, 11) is 0. The van der Waals surface area contributed by atoms with Crippen LogP contribution in [0, 0.1) is 35.5 Å². The zero-order valence-corrected chi connectivity index (χ0v) is 22.9. The highest BCUT2D eigenvalue weighted by Gasteiger charge is 2.25. The van der Waals surface area contributed by atoms with Crippen LogP contribution in [-0.2, 0) is 0 Å². The molecular formula is C33H60. The first kappa shape index (κ1) is 30.0. The van der Waals surface area contributed by atoms with Gasteiger partial charge in [0.1, 0.15) is 0 Å². The zero-order chi connectivity index (χ0) is 24.3. The number of hydrogen-bond acceptors (Lipinski definition) is 0. The average molecular weight is 457 g/mol. The fourth-order valence-electron chi connectivity index (χ4n) is 5.79. The molecule has 3 saturated carbocycles. The molecule has 0 nitrogen and oxygen atoms in total. The smallest absolute Gasteiger partial charge is 0 e. The van der Waals surface area contributed by atoms with Crippen molar-refractivity contribution in [2.24, 2.45) is 35.5 Å². The molecule has 2 bridgehead atoms. The van der Waals surface area contributed by atoms with E-state index in [0.29, 0.717) is 0 Å². The lowest BCUT2D eigenvalue weighted by Crippen LogP contribution is -1.95. The van der Waals surface area contributed by atoms with Gasteiger partial charge in [0.2, 0.25) is 0 Å². The fraction of sp³-hybridized carbons (Fsp3) is 0.758. The highest BCUT2D eigenvalue weighted by Crippen LogP contribution is 2.38. The predicted molar refractivity (Wildman–Crippen MR) is 154 cm³/mol. The summed E-state index contributed by atoms with van der Waals surface area (Å²) in [6.07, 6.45) is 34.5. The molecule has 6 unspecified atom stereocenters. The third-order valence-corrected chi connectivity index (χ3v) is 8.14. The van der Waals surface area contributed by atoms with Crippen molar-refractivity contribution < 1.29 is 1.43 Å². The average Bonchev–Trinajstić information content (AvgIpc) is 3.67. The van der Waals surface area contributed by atoms with Gasteiger partial charge in [-0.05, 0) is 93.3 Å². The quantitative estimate of drug-likeness (QED) is 0.318. The number of rotatable bonds is 8. The van der Waals surface area contributed by atoms with Crippen LogP contribution < -0.4 is 0 Å². The van der Waals surface area contributed by atoms with E-state index in [4.69, 9.17) is 0 Å². The first-order valence-corrected chi connectivity index (χ1v) is 14.7. The summed E-state index contributed by atoms with van der Waals surface area (Å²) in [4.78, 5) is 0. The second-order valence-electron chi connectivity index (χ2n) is 10.9. The van der Waals surface area contributed by atoms with Gasteiger partial charge < -0.3 is 0 Å². The molecule has 0 aromatic rings. The van der Waals surface area contributed by atoms with Crippen molar-refractivity contribution in [2.75, 3.05) is 0 Å². The molecule has 0 aromatic carbocycles. The lowest BCUT2D eigenvalue weighted by molar-refractivity contribution is 0.444. The van der Waals surface area contributed by atoms with Crippen LogP contribution >= 0.6 is 0 Å². The largest absolute Gasteiger partial charge is 0.103 e. The van der Waals surface area contributed by atoms with Gasteiger partial charge in [0.15, 0.2) is 0 Å². The van der Waals surface area contributed by atoms with E-state index in [1.807, 2.05) is 6.08 Å². The second kappa shape index (κ2) is 19.3. The maximum Gasteiger partial charge on any atom is 0 e. The Morgan fingerprint density at radius 2 is 1.39 bits per heavy atom. The van der Waals surface area contributed by atoms with Gasteiger partial charge in [-0.1, -0.05) is 103 Å². The lowest BCUT2D eigenvalue weighted by Gasteiger charge is -2.08. The van der Waals surface area contributed by atoms with Gasteiger partial charge in [0, 0.05) is 1.43 Å². The molecule has 4 aliphatic carbocycles. The molecule has 4 rings (SSSR count). The maximum absolute atomic E-state index is 3.83. The molecule has 3 fully saturated rings. The minimum absolute atomic E-state index is 0.